The fourth-order valence-electron chi connectivity index (χ4n) is 1.42. The number of nitrogens with zero attached hydrogens (tertiary/aromatic N) is 2. The summed E-state index contributed by atoms with van der Waals surface area (Å²) in [7, 11) is 0. The predicted molar refractivity (Wildman–Crippen MR) is 62.6 cm³/mol. The number of benzene rings is 1. The number of hydrogen-bond donors (Lipinski definition) is 0. The molecule has 17 heavy (non-hydrogen) atoms. The van der Waals surface area contributed by atoms with Gasteiger partial charge in [0.1, 0.15) is 5.82 Å². The summed E-state index contributed by atoms with van der Waals surface area (Å²) in [5.41, 5.74) is 1.01. The second-order valence-electron chi connectivity index (χ2n) is 3.45. The van der Waals surface area contributed by atoms with E-state index in [9.17, 15) is 9.18 Å². The lowest BCUT2D eigenvalue weighted by atomic mass is 10.2. The van der Waals surface area contributed by atoms with Crippen LogP contribution in [0.15, 0.2) is 24.4 Å². The number of carbonyl (C=O) groups excluding carboxylic acids is 1. The van der Waals surface area contributed by atoms with Crippen molar-refractivity contribution in [3.63, 3.8) is 0 Å². The molecule has 0 bridgehead atoms. The zero-order valence-electron chi connectivity index (χ0n) is 8.95. The van der Waals surface area contributed by atoms with Gasteiger partial charge < -0.3 is 0 Å². The minimum Gasteiger partial charge on any atom is -0.298 e. The van der Waals surface area contributed by atoms with Crippen LogP contribution in [0.25, 0.3) is 11.4 Å². The van der Waals surface area contributed by atoms with Gasteiger partial charge in [0.05, 0.1) is 21.8 Å². The van der Waals surface area contributed by atoms with E-state index >= 15 is 0 Å². The molecule has 5 heteroatoms. The van der Waals surface area contributed by atoms with Crippen LogP contribution in [0.2, 0.25) is 5.02 Å². The molecule has 3 nitrogen and oxygen atoms in total. The summed E-state index contributed by atoms with van der Waals surface area (Å²) in [6.45, 7) is 1.66. The number of aldehydes is 1. The van der Waals surface area contributed by atoms with E-state index in [1.54, 1.807) is 13.0 Å². The Morgan fingerprint density at radius 1 is 1.41 bits per heavy atom. The molecule has 0 fully saturated rings. The van der Waals surface area contributed by atoms with Crippen LogP contribution in [-0.4, -0.2) is 16.3 Å². The topological polar surface area (TPSA) is 42.9 Å². The molecule has 2 rings (SSSR count). The molecule has 2 aromatic rings. The van der Waals surface area contributed by atoms with Gasteiger partial charge in [-0.15, -0.1) is 0 Å². The second kappa shape index (κ2) is 4.59. The molecule has 86 valence electrons. The maximum atomic E-state index is 13.6. The van der Waals surface area contributed by atoms with E-state index in [4.69, 9.17) is 11.6 Å². The van der Waals surface area contributed by atoms with Gasteiger partial charge in [-0.1, -0.05) is 17.7 Å². The molecule has 0 radical (unpaired) electrons. The first kappa shape index (κ1) is 11.7. The van der Waals surface area contributed by atoms with Gasteiger partial charge in [-0.05, 0) is 19.1 Å². The van der Waals surface area contributed by atoms with Crippen molar-refractivity contribution in [2.45, 2.75) is 6.92 Å². The Kier molecular flexibility index (Phi) is 3.15. The van der Waals surface area contributed by atoms with Crippen molar-refractivity contribution in [3.8, 4) is 11.4 Å². The first-order chi connectivity index (χ1) is 8.13. The number of hydrogen-bond acceptors (Lipinski definition) is 3. The van der Waals surface area contributed by atoms with E-state index in [0.717, 1.165) is 0 Å². The average Bonchev–Trinajstić information content (AvgIpc) is 2.29. The van der Waals surface area contributed by atoms with E-state index in [2.05, 4.69) is 9.97 Å². The number of aryl methyl sites for hydroxylation is 1. The summed E-state index contributed by atoms with van der Waals surface area (Å²) in [6, 6.07) is 4.35. The number of rotatable bonds is 2. The van der Waals surface area contributed by atoms with Crippen LogP contribution in [0.1, 0.15) is 16.1 Å². The first-order valence-electron chi connectivity index (χ1n) is 4.86. The highest BCUT2D eigenvalue weighted by molar-refractivity contribution is 6.33. The quantitative estimate of drug-likeness (QED) is 0.770. The lowest BCUT2D eigenvalue weighted by molar-refractivity contribution is 0.112. The molecule has 0 amide bonds. The molecule has 0 saturated carbocycles. The van der Waals surface area contributed by atoms with E-state index in [1.165, 1.54) is 18.3 Å². The van der Waals surface area contributed by atoms with Crippen LogP contribution in [0.5, 0.6) is 0 Å². The van der Waals surface area contributed by atoms with Crippen LogP contribution >= 0.6 is 11.6 Å². The van der Waals surface area contributed by atoms with Gasteiger partial charge in [0, 0.05) is 6.20 Å². The highest BCUT2D eigenvalue weighted by Gasteiger charge is 2.13. The Labute approximate surface area is 102 Å². The average molecular weight is 251 g/mol. The smallest absolute Gasteiger partial charge is 0.163 e. The normalized spacial score (nSPS) is 10.3. The maximum absolute atomic E-state index is 13.6. The number of carbonyl (C=O) groups is 1. The lowest BCUT2D eigenvalue weighted by Gasteiger charge is -2.05. The molecule has 0 atom stereocenters. The third-order valence-corrected chi connectivity index (χ3v) is 2.65. The van der Waals surface area contributed by atoms with E-state index in [-0.39, 0.29) is 16.4 Å². The van der Waals surface area contributed by atoms with Crippen LogP contribution in [0.3, 0.4) is 0 Å². The molecule has 0 aliphatic carbocycles. The van der Waals surface area contributed by atoms with Crippen LogP contribution in [0.4, 0.5) is 4.39 Å². The Morgan fingerprint density at radius 3 is 2.76 bits per heavy atom. The van der Waals surface area contributed by atoms with Gasteiger partial charge in [-0.2, -0.15) is 0 Å². The van der Waals surface area contributed by atoms with Gasteiger partial charge in [0.2, 0.25) is 0 Å². The fraction of sp³-hybridized carbons (Fsp3) is 0.0833. The minimum atomic E-state index is -0.490. The third kappa shape index (κ3) is 2.17. The summed E-state index contributed by atoms with van der Waals surface area (Å²) in [5.74, 6) is -0.313. The van der Waals surface area contributed by atoms with Crippen molar-refractivity contribution in [2.24, 2.45) is 0 Å². The Hall–Kier alpha value is -1.81. The summed E-state index contributed by atoms with van der Waals surface area (Å²) in [5, 5.41) is 0.239. The molecule has 0 unspecified atom stereocenters. The Bertz CT molecular complexity index is 566. The summed E-state index contributed by atoms with van der Waals surface area (Å²) < 4.78 is 13.6. The number of aromatic nitrogens is 2. The Balaban J connectivity index is 2.61. The first-order valence-corrected chi connectivity index (χ1v) is 5.24. The van der Waals surface area contributed by atoms with Gasteiger partial charge >= 0.3 is 0 Å². The third-order valence-electron chi connectivity index (χ3n) is 2.33. The largest absolute Gasteiger partial charge is 0.298 e. The molecular formula is C12H8ClFN2O. The zero-order valence-corrected chi connectivity index (χ0v) is 9.70. The van der Waals surface area contributed by atoms with Crippen LogP contribution in [0, 0.1) is 12.7 Å². The fourth-order valence-corrected chi connectivity index (χ4v) is 1.67. The van der Waals surface area contributed by atoms with Crippen molar-refractivity contribution < 1.29 is 9.18 Å². The highest BCUT2D eigenvalue weighted by atomic mass is 35.5. The summed E-state index contributed by atoms with van der Waals surface area (Å²) in [6.07, 6.45) is 2.01. The molecule has 1 aromatic heterocycles. The highest BCUT2D eigenvalue weighted by Crippen LogP contribution is 2.27. The van der Waals surface area contributed by atoms with Crippen LogP contribution < -0.4 is 0 Å². The summed E-state index contributed by atoms with van der Waals surface area (Å²) in [4.78, 5) is 18.6. The number of halogens is 2. The molecule has 0 aliphatic heterocycles. The summed E-state index contributed by atoms with van der Waals surface area (Å²) >= 11 is 5.90. The lowest BCUT2D eigenvalue weighted by Crippen LogP contribution is -1.98. The van der Waals surface area contributed by atoms with Crippen molar-refractivity contribution in [3.05, 3.63) is 46.5 Å². The van der Waals surface area contributed by atoms with Crippen molar-refractivity contribution in [1.29, 1.82) is 0 Å². The maximum Gasteiger partial charge on any atom is 0.163 e. The SMILES string of the molecule is Cc1nc(-c2c(F)cccc2Cl)ncc1C=O. The van der Waals surface area contributed by atoms with Crippen molar-refractivity contribution in [2.75, 3.05) is 0 Å². The predicted octanol–water partition coefficient (Wildman–Crippen LogP) is 3.06. The van der Waals surface area contributed by atoms with Gasteiger partial charge in [0.15, 0.2) is 12.1 Å². The Morgan fingerprint density at radius 2 is 2.18 bits per heavy atom. The van der Waals surface area contributed by atoms with Crippen molar-refractivity contribution >= 4 is 17.9 Å². The minimum absolute atomic E-state index is 0.148. The van der Waals surface area contributed by atoms with E-state index < -0.39 is 5.82 Å². The van der Waals surface area contributed by atoms with Gasteiger partial charge in [0.25, 0.3) is 0 Å². The molecule has 0 spiro atoms. The molecule has 1 aromatic carbocycles. The van der Waals surface area contributed by atoms with Gasteiger partial charge in [-0.3, -0.25) is 4.79 Å². The van der Waals surface area contributed by atoms with E-state index in [1.807, 2.05) is 0 Å². The van der Waals surface area contributed by atoms with Gasteiger partial charge in [-0.25, -0.2) is 14.4 Å². The van der Waals surface area contributed by atoms with E-state index in [0.29, 0.717) is 17.5 Å². The monoisotopic (exact) mass is 250 g/mol. The molecule has 0 saturated heterocycles. The standard InChI is InChI=1S/C12H8ClFN2O/c1-7-8(6-17)5-15-12(16-7)11-9(13)3-2-4-10(11)14/h2-6H,1H3. The zero-order chi connectivity index (χ0) is 12.4. The molecule has 1 heterocycles. The van der Waals surface area contributed by atoms with Crippen LogP contribution in [-0.2, 0) is 0 Å². The molecule has 0 aliphatic rings. The molecule has 0 N–H and O–H groups in total. The molecular weight excluding hydrogens is 243 g/mol. The second-order valence-corrected chi connectivity index (χ2v) is 3.86. The van der Waals surface area contributed by atoms with Crippen molar-refractivity contribution in [1.82, 2.24) is 9.97 Å².